The van der Waals surface area contributed by atoms with Gasteiger partial charge < -0.3 is 15.2 Å². The predicted molar refractivity (Wildman–Crippen MR) is 95.3 cm³/mol. The van der Waals surface area contributed by atoms with Crippen LogP contribution in [0.1, 0.15) is 26.3 Å². The summed E-state index contributed by atoms with van der Waals surface area (Å²) in [5.74, 6) is -1.57. The van der Waals surface area contributed by atoms with Crippen molar-refractivity contribution in [3.63, 3.8) is 0 Å². The van der Waals surface area contributed by atoms with Crippen LogP contribution in [0.15, 0.2) is 72.8 Å². The van der Waals surface area contributed by atoms with Crippen LogP contribution in [-0.4, -0.2) is 11.9 Å². The topological polar surface area (TPSA) is 69.2 Å². The number of nitrogens with one attached hydrogen (secondary N) is 1. The van der Waals surface area contributed by atoms with Crippen LogP contribution in [0.4, 0.5) is 5.69 Å². The van der Waals surface area contributed by atoms with Gasteiger partial charge in [0.2, 0.25) is 0 Å². The number of carbonyl (C=O) groups is 2. The van der Waals surface area contributed by atoms with Crippen LogP contribution in [0.25, 0.3) is 11.1 Å². The quantitative estimate of drug-likeness (QED) is 0.798. The van der Waals surface area contributed by atoms with E-state index in [4.69, 9.17) is 0 Å². The van der Waals surface area contributed by atoms with E-state index in [0.29, 0.717) is 22.4 Å². The first kappa shape index (κ1) is 16.5. The number of hydrogen-bond donors (Lipinski definition) is 1. The lowest BCUT2D eigenvalue weighted by Crippen LogP contribution is -2.23. The fourth-order valence-electron chi connectivity index (χ4n) is 2.65. The summed E-state index contributed by atoms with van der Waals surface area (Å²) >= 11 is 0. The maximum atomic E-state index is 12.7. The van der Waals surface area contributed by atoms with Gasteiger partial charge in [-0.1, -0.05) is 60.2 Å². The van der Waals surface area contributed by atoms with Gasteiger partial charge in [-0.05, 0) is 36.2 Å². The van der Waals surface area contributed by atoms with Gasteiger partial charge in [0, 0.05) is 16.8 Å². The Morgan fingerprint density at radius 2 is 1.28 bits per heavy atom. The maximum absolute atomic E-state index is 12.7. The van der Waals surface area contributed by atoms with Crippen molar-refractivity contribution in [1.29, 1.82) is 0 Å². The third-order valence-corrected chi connectivity index (χ3v) is 3.92. The first-order valence-electron chi connectivity index (χ1n) is 7.84. The lowest BCUT2D eigenvalue weighted by atomic mass is 9.95. The molecule has 0 aliphatic carbocycles. The summed E-state index contributed by atoms with van der Waals surface area (Å²) in [6.45, 7) is 1.97. The fraction of sp³-hybridized carbons (Fsp3) is 0.0476. The smallest absolute Gasteiger partial charge is 0.256 e. The molecule has 0 saturated heterocycles. The molecule has 4 nitrogen and oxygen atoms in total. The van der Waals surface area contributed by atoms with Crippen molar-refractivity contribution in [2.45, 2.75) is 6.92 Å². The van der Waals surface area contributed by atoms with Crippen molar-refractivity contribution in [1.82, 2.24) is 0 Å². The van der Waals surface area contributed by atoms with Crippen molar-refractivity contribution in [3.8, 4) is 11.1 Å². The monoisotopic (exact) mass is 330 g/mol. The van der Waals surface area contributed by atoms with Crippen LogP contribution in [0.3, 0.4) is 0 Å². The van der Waals surface area contributed by atoms with Crippen molar-refractivity contribution >= 4 is 17.6 Å². The molecule has 0 spiro atoms. The van der Waals surface area contributed by atoms with Crippen molar-refractivity contribution in [2.75, 3.05) is 5.32 Å². The van der Waals surface area contributed by atoms with Crippen LogP contribution in [0.5, 0.6) is 0 Å². The SMILES string of the molecule is Cc1ccc(NC(=O)c2ccccc2-c2ccccc2C(=O)[O-])cc1. The number of anilines is 1. The number of carboxylic acid groups (broad SMARTS) is 1. The van der Waals surface area contributed by atoms with Gasteiger partial charge in [-0.2, -0.15) is 0 Å². The Kier molecular flexibility index (Phi) is 4.61. The Balaban J connectivity index is 2.00. The lowest BCUT2D eigenvalue weighted by Gasteiger charge is -2.14. The molecule has 0 unspecified atom stereocenters. The zero-order chi connectivity index (χ0) is 17.8. The Hall–Kier alpha value is -3.40. The Morgan fingerprint density at radius 3 is 1.88 bits per heavy atom. The van der Waals surface area contributed by atoms with Gasteiger partial charge in [-0.15, -0.1) is 0 Å². The van der Waals surface area contributed by atoms with Crippen LogP contribution in [0.2, 0.25) is 0 Å². The molecule has 0 heterocycles. The largest absolute Gasteiger partial charge is 0.545 e. The van der Waals surface area contributed by atoms with Crippen LogP contribution in [0, 0.1) is 6.92 Å². The number of aryl methyl sites for hydroxylation is 1. The van der Waals surface area contributed by atoms with Crippen LogP contribution in [-0.2, 0) is 0 Å². The molecule has 1 amide bonds. The molecule has 0 saturated carbocycles. The number of aromatic carboxylic acids is 1. The summed E-state index contributed by atoms with van der Waals surface area (Å²) < 4.78 is 0. The minimum atomic E-state index is -1.27. The summed E-state index contributed by atoms with van der Waals surface area (Å²) in [4.78, 5) is 24.1. The number of benzene rings is 3. The van der Waals surface area contributed by atoms with Gasteiger partial charge in [0.25, 0.3) is 5.91 Å². The average molecular weight is 330 g/mol. The second kappa shape index (κ2) is 7.01. The number of hydrogen-bond acceptors (Lipinski definition) is 3. The van der Waals surface area contributed by atoms with E-state index in [1.54, 1.807) is 42.5 Å². The van der Waals surface area contributed by atoms with Gasteiger partial charge in [0.15, 0.2) is 0 Å². The summed E-state index contributed by atoms with van der Waals surface area (Å²) in [5.41, 5.74) is 3.24. The van der Waals surface area contributed by atoms with E-state index in [1.807, 2.05) is 31.2 Å². The highest BCUT2D eigenvalue weighted by Gasteiger charge is 2.15. The van der Waals surface area contributed by atoms with E-state index in [0.717, 1.165) is 5.56 Å². The molecule has 3 aromatic rings. The number of rotatable bonds is 4. The molecule has 0 bridgehead atoms. The van der Waals surface area contributed by atoms with Gasteiger partial charge in [0.1, 0.15) is 0 Å². The van der Waals surface area contributed by atoms with E-state index in [-0.39, 0.29) is 11.5 Å². The standard InChI is InChI=1S/C21H17NO3/c1-14-10-12-15(13-11-14)22-20(23)18-8-4-2-6-16(18)17-7-3-5-9-19(17)21(24)25/h2-13H,1H3,(H,22,23)(H,24,25)/p-1. The Bertz CT molecular complexity index is 930. The van der Waals surface area contributed by atoms with E-state index in [9.17, 15) is 14.7 Å². The highest BCUT2D eigenvalue weighted by molar-refractivity contribution is 6.10. The summed E-state index contributed by atoms with van der Waals surface area (Å²) in [6.07, 6.45) is 0. The third-order valence-electron chi connectivity index (χ3n) is 3.92. The average Bonchev–Trinajstić information content (AvgIpc) is 2.63. The minimum absolute atomic E-state index is 0.0538. The predicted octanol–water partition coefficient (Wildman–Crippen LogP) is 3.28. The lowest BCUT2D eigenvalue weighted by molar-refractivity contribution is -0.254. The van der Waals surface area contributed by atoms with Gasteiger partial charge in [-0.3, -0.25) is 4.79 Å². The molecule has 0 atom stereocenters. The molecule has 3 rings (SSSR count). The molecular weight excluding hydrogens is 314 g/mol. The highest BCUT2D eigenvalue weighted by Crippen LogP contribution is 2.27. The zero-order valence-corrected chi connectivity index (χ0v) is 13.7. The summed E-state index contributed by atoms with van der Waals surface area (Å²) in [5, 5.41) is 14.2. The first-order chi connectivity index (χ1) is 12.1. The molecular formula is C21H16NO3-. The van der Waals surface area contributed by atoms with E-state index >= 15 is 0 Å². The van der Waals surface area contributed by atoms with Crippen LogP contribution < -0.4 is 10.4 Å². The Labute approximate surface area is 145 Å². The third kappa shape index (κ3) is 3.58. The molecule has 0 aliphatic heterocycles. The van der Waals surface area contributed by atoms with E-state index in [2.05, 4.69) is 5.32 Å². The Morgan fingerprint density at radius 1 is 0.760 bits per heavy atom. The molecule has 0 aliphatic rings. The second-order valence-corrected chi connectivity index (χ2v) is 5.70. The fourth-order valence-corrected chi connectivity index (χ4v) is 2.65. The van der Waals surface area contributed by atoms with Crippen molar-refractivity contribution < 1.29 is 14.7 Å². The zero-order valence-electron chi connectivity index (χ0n) is 13.7. The summed E-state index contributed by atoms with van der Waals surface area (Å²) in [6, 6.07) is 20.9. The number of amides is 1. The maximum Gasteiger partial charge on any atom is 0.256 e. The van der Waals surface area contributed by atoms with Crippen molar-refractivity contribution in [2.24, 2.45) is 0 Å². The minimum Gasteiger partial charge on any atom is -0.545 e. The van der Waals surface area contributed by atoms with Gasteiger partial charge in [-0.25, -0.2) is 0 Å². The van der Waals surface area contributed by atoms with Gasteiger partial charge in [0.05, 0.1) is 5.97 Å². The number of carboxylic acids is 1. The molecule has 0 aromatic heterocycles. The normalized spacial score (nSPS) is 10.3. The first-order valence-corrected chi connectivity index (χ1v) is 7.84. The molecule has 3 aromatic carbocycles. The van der Waals surface area contributed by atoms with E-state index < -0.39 is 5.97 Å². The molecule has 124 valence electrons. The summed E-state index contributed by atoms with van der Waals surface area (Å²) in [7, 11) is 0. The van der Waals surface area contributed by atoms with Gasteiger partial charge >= 0.3 is 0 Å². The number of carbonyl (C=O) groups excluding carboxylic acids is 2. The highest BCUT2D eigenvalue weighted by atomic mass is 16.4. The molecule has 0 radical (unpaired) electrons. The molecule has 4 heteroatoms. The molecule has 0 fully saturated rings. The van der Waals surface area contributed by atoms with Crippen LogP contribution >= 0.6 is 0 Å². The second-order valence-electron chi connectivity index (χ2n) is 5.70. The molecule has 25 heavy (non-hydrogen) atoms. The van der Waals surface area contributed by atoms with E-state index in [1.165, 1.54) is 6.07 Å². The van der Waals surface area contributed by atoms with Crippen molar-refractivity contribution in [3.05, 3.63) is 89.5 Å². The molecule has 1 N–H and O–H groups in total.